The van der Waals surface area contributed by atoms with Gasteiger partial charge in [0.2, 0.25) is 5.78 Å². The minimum Gasteiger partial charge on any atom is -0.508 e. The maximum absolute atomic E-state index is 12.8. The maximum atomic E-state index is 12.8. The Bertz CT molecular complexity index is 1190. The van der Waals surface area contributed by atoms with Gasteiger partial charge in [-0.1, -0.05) is 17.7 Å². The van der Waals surface area contributed by atoms with Gasteiger partial charge in [-0.2, -0.15) is 0 Å². The van der Waals surface area contributed by atoms with Gasteiger partial charge in [0.05, 0.1) is 22.8 Å². The summed E-state index contributed by atoms with van der Waals surface area (Å²) in [6.07, 6.45) is 3.18. The number of aryl methyl sites for hydroxylation is 1. The van der Waals surface area contributed by atoms with E-state index >= 15 is 0 Å². The zero-order chi connectivity index (χ0) is 21.8. The Hall–Kier alpha value is -4.32. The Morgan fingerprint density at radius 2 is 1.19 bits per heavy atom. The molecule has 0 radical (unpaired) electrons. The number of nitrogens with one attached hydrogen (secondary N) is 2. The van der Waals surface area contributed by atoms with E-state index in [1.807, 2.05) is 31.2 Å². The van der Waals surface area contributed by atoms with Crippen molar-refractivity contribution in [2.45, 2.75) is 6.92 Å². The molecule has 0 unspecified atom stereocenters. The molecule has 0 amide bonds. The van der Waals surface area contributed by atoms with Crippen LogP contribution in [0.3, 0.4) is 0 Å². The Balaban J connectivity index is 1.68. The van der Waals surface area contributed by atoms with E-state index in [9.17, 15) is 15.0 Å². The molecule has 3 aromatic carbocycles. The number of rotatable bonds is 5. The molecule has 1 aliphatic rings. The van der Waals surface area contributed by atoms with E-state index in [1.54, 1.807) is 54.6 Å². The number of carbonyl (C=O) groups is 1. The molecule has 0 bridgehead atoms. The molecule has 0 saturated heterocycles. The van der Waals surface area contributed by atoms with E-state index in [4.69, 9.17) is 0 Å². The maximum Gasteiger partial charge on any atom is 0.204 e. The summed E-state index contributed by atoms with van der Waals surface area (Å²) < 4.78 is 0. The van der Waals surface area contributed by atoms with Gasteiger partial charge in [-0.15, -0.1) is 0 Å². The molecule has 0 aliphatic heterocycles. The van der Waals surface area contributed by atoms with Gasteiger partial charge < -0.3 is 20.8 Å². The molecule has 1 aliphatic carbocycles. The monoisotopic (exact) mass is 411 g/mol. The number of allylic oxidation sites excluding steroid dienone is 2. The molecule has 0 spiro atoms. The summed E-state index contributed by atoms with van der Waals surface area (Å²) in [6.45, 7) is 2.01. The van der Waals surface area contributed by atoms with Gasteiger partial charge >= 0.3 is 0 Å². The normalized spacial score (nSPS) is 14.7. The smallest absolute Gasteiger partial charge is 0.204 e. The van der Waals surface area contributed by atoms with Crippen molar-refractivity contribution in [3.05, 3.63) is 102 Å². The van der Waals surface area contributed by atoms with Crippen molar-refractivity contribution >= 4 is 28.6 Å². The molecule has 3 aromatic rings. The lowest BCUT2D eigenvalue weighted by molar-refractivity contribution is -0.111. The first-order chi connectivity index (χ1) is 15.0. The van der Waals surface area contributed by atoms with E-state index in [0.29, 0.717) is 28.5 Å². The fraction of sp³-hybridized carbons (Fsp3) is 0.0400. The van der Waals surface area contributed by atoms with Crippen molar-refractivity contribution in [1.29, 1.82) is 0 Å². The van der Waals surface area contributed by atoms with Crippen LogP contribution < -0.4 is 10.6 Å². The molecule has 4 rings (SSSR count). The number of carbonyl (C=O) groups excluding carboxylic acids is 1. The fourth-order valence-electron chi connectivity index (χ4n) is 3.02. The highest BCUT2D eigenvalue weighted by Gasteiger charge is 2.20. The molecule has 0 aromatic heterocycles. The highest BCUT2D eigenvalue weighted by Crippen LogP contribution is 2.24. The molecule has 0 heterocycles. The average molecular weight is 411 g/mol. The molecule has 154 valence electrons. The molecular weight excluding hydrogens is 390 g/mol. The van der Waals surface area contributed by atoms with Gasteiger partial charge in [0, 0.05) is 17.5 Å². The highest BCUT2D eigenvalue weighted by atomic mass is 16.3. The number of nitrogens with zero attached hydrogens (tertiary/aromatic N) is 1. The summed E-state index contributed by atoms with van der Waals surface area (Å²) in [5.74, 6) is 0.0995. The second-order valence-electron chi connectivity index (χ2n) is 7.16. The van der Waals surface area contributed by atoms with Gasteiger partial charge in [-0.05, 0) is 73.7 Å². The van der Waals surface area contributed by atoms with Crippen molar-refractivity contribution in [2.75, 3.05) is 10.6 Å². The van der Waals surface area contributed by atoms with Gasteiger partial charge in [0.15, 0.2) is 0 Å². The number of phenolic OH excluding ortho intramolecular Hbond substituents is 2. The van der Waals surface area contributed by atoms with Crippen LogP contribution in [0.2, 0.25) is 0 Å². The number of hydrogen-bond donors (Lipinski definition) is 4. The number of aromatic hydroxyl groups is 2. The van der Waals surface area contributed by atoms with Crippen molar-refractivity contribution < 1.29 is 15.0 Å². The third-order valence-electron chi connectivity index (χ3n) is 4.67. The number of benzene rings is 3. The van der Waals surface area contributed by atoms with Crippen LogP contribution in [0.4, 0.5) is 17.1 Å². The lowest BCUT2D eigenvalue weighted by atomic mass is 10.0. The van der Waals surface area contributed by atoms with Crippen LogP contribution in [0.1, 0.15) is 5.56 Å². The second-order valence-corrected chi connectivity index (χ2v) is 7.16. The molecule has 31 heavy (non-hydrogen) atoms. The fourth-order valence-corrected chi connectivity index (χ4v) is 3.02. The van der Waals surface area contributed by atoms with Crippen LogP contribution in [0, 0.1) is 6.92 Å². The standard InChI is InChI=1S/C25H21N3O3/c1-16-2-4-17(5-3-16)27-23-15-25(31)24(28-19-8-12-21(30)13-9-19)14-22(23)26-18-6-10-20(29)11-7-18/h2-15,27-30H,1H3/b26-22+. The van der Waals surface area contributed by atoms with Crippen LogP contribution in [-0.2, 0) is 4.79 Å². The predicted octanol–water partition coefficient (Wildman–Crippen LogP) is 5.05. The van der Waals surface area contributed by atoms with Crippen LogP contribution in [0.25, 0.3) is 0 Å². The van der Waals surface area contributed by atoms with Crippen LogP contribution in [0.5, 0.6) is 11.5 Å². The largest absolute Gasteiger partial charge is 0.508 e. The van der Waals surface area contributed by atoms with Gasteiger partial charge in [-0.25, -0.2) is 4.99 Å². The third kappa shape index (κ3) is 5.00. The summed E-state index contributed by atoms with van der Waals surface area (Å²) in [5, 5.41) is 25.4. The number of anilines is 2. The first kappa shape index (κ1) is 20.0. The van der Waals surface area contributed by atoms with E-state index < -0.39 is 0 Å². The van der Waals surface area contributed by atoms with Crippen molar-refractivity contribution in [1.82, 2.24) is 0 Å². The summed E-state index contributed by atoms with van der Waals surface area (Å²) >= 11 is 0. The summed E-state index contributed by atoms with van der Waals surface area (Å²) in [6, 6.07) is 20.8. The lowest BCUT2D eigenvalue weighted by Crippen LogP contribution is -2.22. The molecule has 6 nitrogen and oxygen atoms in total. The van der Waals surface area contributed by atoms with Gasteiger partial charge in [-0.3, -0.25) is 4.79 Å². The number of phenols is 2. The third-order valence-corrected chi connectivity index (χ3v) is 4.67. The van der Waals surface area contributed by atoms with E-state index in [-0.39, 0.29) is 17.3 Å². The summed E-state index contributed by atoms with van der Waals surface area (Å²) in [7, 11) is 0. The topological polar surface area (TPSA) is 94.0 Å². The molecule has 4 N–H and O–H groups in total. The Kier molecular flexibility index (Phi) is 5.53. The Morgan fingerprint density at radius 1 is 0.677 bits per heavy atom. The average Bonchev–Trinajstić information content (AvgIpc) is 2.76. The quantitative estimate of drug-likeness (QED) is 0.348. The van der Waals surface area contributed by atoms with E-state index in [1.165, 1.54) is 6.08 Å². The molecular formula is C25H21N3O3. The first-order valence-electron chi connectivity index (χ1n) is 9.72. The van der Waals surface area contributed by atoms with Crippen molar-refractivity contribution in [2.24, 2.45) is 4.99 Å². The van der Waals surface area contributed by atoms with Crippen LogP contribution in [0.15, 0.2) is 101 Å². The minimum absolute atomic E-state index is 0.147. The molecule has 6 heteroatoms. The minimum atomic E-state index is -0.202. The zero-order valence-electron chi connectivity index (χ0n) is 16.8. The number of hydrogen-bond acceptors (Lipinski definition) is 6. The second kappa shape index (κ2) is 8.59. The summed E-state index contributed by atoms with van der Waals surface area (Å²) in [5.41, 5.74) is 4.77. The molecule has 0 saturated carbocycles. The number of aliphatic imine (C=N–C) groups is 1. The first-order valence-corrected chi connectivity index (χ1v) is 9.72. The summed E-state index contributed by atoms with van der Waals surface area (Å²) in [4.78, 5) is 17.4. The molecule has 0 fully saturated rings. The van der Waals surface area contributed by atoms with E-state index in [0.717, 1.165) is 11.3 Å². The van der Waals surface area contributed by atoms with Crippen LogP contribution in [-0.4, -0.2) is 21.7 Å². The number of ketones is 1. The van der Waals surface area contributed by atoms with Crippen molar-refractivity contribution in [3.8, 4) is 11.5 Å². The van der Waals surface area contributed by atoms with Gasteiger partial charge in [0.25, 0.3) is 0 Å². The van der Waals surface area contributed by atoms with Crippen LogP contribution >= 0.6 is 0 Å². The Morgan fingerprint density at radius 3 is 1.81 bits per heavy atom. The highest BCUT2D eigenvalue weighted by molar-refractivity contribution is 6.24. The lowest BCUT2D eigenvalue weighted by Gasteiger charge is -2.18. The van der Waals surface area contributed by atoms with Gasteiger partial charge in [0.1, 0.15) is 11.5 Å². The predicted molar refractivity (Wildman–Crippen MR) is 123 cm³/mol. The molecule has 0 atom stereocenters. The SMILES string of the molecule is Cc1ccc(NC2=CC(=O)C(Nc3ccc(O)cc3)=C/C2=N\c2ccc(O)cc2)cc1. The van der Waals surface area contributed by atoms with E-state index in [2.05, 4.69) is 15.6 Å². The van der Waals surface area contributed by atoms with Crippen molar-refractivity contribution in [3.63, 3.8) is 0 Å². The zero-order valence-corrected chi connectivity index (χ0v) is 16.8. The Labute approximate surface area is 179 Å².